The van der Waals surface area contributed by atoms with Crippen LogP contribution in [0.3, 0.4) is 0 Å². The highest BCUT2D eigenvalue weighted by atomic mass is 14.9. The molecule has 1 aromatic rings. The minimum atomic E-state index is 0.451. The van der Waals surface area contributed by atoms with E-state index in [1.165, 1.54) is 48.9 Å². The van der Waals surface area contributed by atoms with Crippen LogP contribution < -0.4 is 11.1 Å². The minimum absolute atomic E-state index is 0.451. The third-order valence-electron chi connectivity index (χ3n) is 4.08. The molecular formula is C14H20N2. The molecule has 0 amide bonds. The molecule has 1 aromatic carbocycles. The van der Waals surface area contributed by atoms with Crippen LogP contribution in [0.5, 0.6) is 0 Å². The van der Waals surface area contributed by atoms with Gasteiger partial charge in [0.25, 0.3) is 0 Å². The molecule has 1 saturated carbocycles. The molecule has 2 aliphatic rings. The standard InChI is InChI=1S/C14H20N2/c15-13-4-1-10(2-5-13)11-3-6-14-12(9-11)7-8-16-14/h3,6,9-10,13,16H,1-2,4-5,7-8,15H2. The summed E-state index contributed by atoms with van der Waals surface area (Å²) in [5.74, 6) is 0.755. The van der Waals surface area contributed by atoms with E-state index in [2.05, 4.69) is 23.5 Å². The molecule has 86 valence electrons. The smallest absolute Gasteiger partial charge is 0.0373 e. The van der Waals surface area contributed by atoms with Crippen LogP contribution in [0.15, 0.2) is 18.2 Å². The molecule has 0 atom stereocenters. The molecule has 16 heavy (non-hydrogen) atoms. The highest BCUT2D eigenvalue weighted by molar-refractivity contribution is 5.56. The van der Waals surface area contributed by atoms with Crippen molar-refractivity contribution in [3.05, 3.63) is 29.3 Å². The van der Waals surface area contributed by atoms with Gasteiger partial charge in [-0.05, 0) is 55.2 Å². The number of rotatable bonds is 1. The highest BCUT2D eigenvalue weighted by Gasteiger charge is 2.21. The Hall–Kier alpha value is -1.02. The molecule has 1 heterocycles. The zero-order valence-electron chi connectivity index (χ0n) is 9.71. The quantitative estimate of drug-likeness (QED) is 0.757. The largest absolute Gasteiger partial charge is 0.384 e. The van der Waals surface area contributed by atoms with Gasteiger partial charge in [-0.3, -0.25) is 0 Å². The van der Waals surface area contributed by atoms with Gasteiger partial charge in [-0.15, -0.1) is 0 Å². The molecule has 1 aliphatic carbocycles. The van der Waals surface area contributed by atoms with Crippen molar-refractivity contribution in [3.63, 3.8) is 0 Å². The number of benzene rings is 1. The van der Waals surface area contributed by atoms with Crippen molar-refractivity contribution >= 4 is 5.69 Å². The predicted molar refractivity (Wildman–Crippen MR) is 67.8 cm³/mol. The summed E-state index contributed by atoms with van der Waals surface area (Å²) in [6, 6.07) is 7.43. The lowest BCUT2D eigenvalue weighted by molar-refractivity contribution is 0.395. The van der Waals surface area contributed by atoms with Gasteiger partial charge in [0.1, 0.15) is 0 Å². The predicted octanol–water partition coefficient (Wildman–Crippen LogP) is 2.64. The Morgan fingerprint density at radius 1 is 1.12 bits per heavy atom. The van der Waals surface area contributed by atoms with Gasteiger partial charge in [0.2, 0.25) is 0 Å². The second-order valence-electron chi connectivity index (χ2n) is 5.21. The van der Waals surface area contributed by atoms with Crippen LogP contribution in [0.4, 0.5) is 5.69 Å². The summed E-state index contributed by atoms with van der Waals surface area (Å²) in [5, 5.41) is 3.42. The van der Waals surface area contributed by atoms with Crippen LogP contribution in [0, 0.1) is 0 Å². The number of hydrogen-bond acceptors (Lipinski definition) is 2. The third-order valence-corrected chi connectivity index (χ3v) is 4.08. The highest BCUT2D eigenvalue weighted by Crippen LogP contribution is 2.34. The van der Waals surface area contributed by atoms with Crippen molar-refractivity contribution in [1.29, 1.82) is 0 Å². The first-order valence-corrected chi connectivity index (χ1v) is 6.45. The van der Waals surface area contributed by atoms with Crippen LogP contribution in [0.1, 0.15) is 42.7 Å². The Morgan fingerprint density at radius 3 is 2.75 bits per heavy atom. The van der Waals surface area contributed by atoms with E-state index in [1.807, 2.05) is 0 Å². The normalized spacial score (nSPS) is 28.6. The fraction of sp³-hybridized carbons (Fsp3) is 0.571. The van der Waals surface area contributed by atoms with Crippen molar-refractivity contribution in [1.82, 2.24) is 0 Å². The van der Waals surface area contributed by atoms with Crippen LogP contribution in [0.25, 0.3) is 0 Å². The maximum atomic E-state index is 5.96. The third kappa shape index (κ3) is 1.82. The SMILES string of the molecule is NC1CCC(c2ccc3c(c2)CCN3)CC1. The summed E-state index contributed by atoms with van der Waals surface area (Å²) < 4.78 is 0. The molecule has 0 radical (unpaired) electrons. The number of anilines is 1. The number of fused-ring (bicyclic) bond motifs is 1. The number of nitrogens with one attached hydrogen (secondary N) is 1. The van der Waals surface area contributed by atoms with Crippen molar-refractivity contribution in [2.45, 2.75) is 44.1 Å². The summed E-state index contributed by atoms with van der Waals surface area (Å²) in [4.78, 5) is 0. The van der Waals surface area contributed by atoms with Crippen LogP contribution in [0.2, 0.25) is 0 Å². The van der Waals surface area contributed by atoms with Gasteiger partial charge in [0.15, 0.2) is 0 Å². The fourth-order valence-electron chi connectivity index (χ4n) is 3.03. The van der Waals surface area contributed by atoms with E-state index >= 15 is 0 Å². The molecular weight excluding hydrogens is 196 g/mol. The number of hydrogen-bond donors (Lipinski definition) is 2. The molecule has 0 aromatic heterocycles. The van der Waals surface area contributed by atoms with Gasteiger partial charge in [-0.25, -0.2) is 0 Å². The van der Waals surface area contributed by atoms with Gasteiger partial charge in [0.05, 0.1) is 0 Å². The maximum Gasteiger partial charge on any atom is 0.0373 e. The summed E-state index contributed by atoms with van der Waals surface area (Å²) >= 11 is 0. The maximum absolute atomic E-state index is 5.96. The molecule has 3 N–H and O–H groups in total. The van der Waals surface area contributed by atoms with Gasteiger partial charge in [-0.1, -0.05) is 12.1 Å². The summed E-state index contributed by atoms with van der Waals surface area (Å²) in [5.41, 5.74) is 10.3. The average Bonchev–Trinajstić information content (AvgIpc) is 2.77. The first kappa shape index (κ1) is 10.2. The zero-order valence-corrected chi connectivity index (χ0v) is 9.71. The minimum Gasteiger partial charge on any atom is -0.384 e. The Labute approximate surface area is 97.2 Å². The van der Waals surface area contributed by atoms with Crippen LogP contribution >= 0.6 is 0 Å². The monoisotopic (exact) mass is 216 g/mol. The Bertz CT molecular complexity index is 378. The van der Waals surface area contributed by atoms with Crippen molar-refractivity contribution in [2.24, 2.45) is 5.73 Å². The number of nitrogens with two attached hydrogens (primary N) is 1. The van der Waals surface area contributed by atoms with E-state index in [1.54, 1.807) is 0 Å². The van der Waals surface area contributed by atoms with Gasteiger partial charge < -0.3 is 11.1 Å². The Morgan fingerprint density at radius 2 is 1.94 bits per heavy atom. The van der Waals surface area contributed by atoms with E-state index in [-0.39, 0.29) is 0 Å². The molecule has 1 fully saturated rings. The average molecular weight is 216 g/mol. The topological polar surface area (TPSA) is 38.0 Å². The Balaban J connectivity index is 1.79. The van der Waals surface area contributed by atoms with E-state index < -0.39 is 0 Å². The molecule has 0 saturated heterocycles. The van der Waals surface area contributed by atoms with E-state index in [0.29, 0.717) is 6.04 Å². The first-order chi connectivity index (χ1) is 7.83. The van der Waals surface area contributed by atoms with Crippen molar-refractivity contribution in [3.8, 4) is 0 Å². The molecule has 3 rings (SSSR count). The Kier molecular flexibility index (Phi) is 2.60. The first-order valence-electron chi connectivity index (χ1n) is 6.45. The molecule has 2 nitrogen and oxygen atoms in total. The van der Waals surface area contributed by atoms with Gasteiger partial charge >= 0.3 is 0 Å². The molecule has 0 bridgehead atoms. The molecule has 0 spiro atoms. The second-order valence-corrected chi connectivity index (χ2v) is 5.21. The van der Waals surface area contributed by atoms with Crippen LogP contribution in [-0.2, 0) is 6.42 Å². The van der Waals surface area contributed by atoms with Crippen molar-refractivity contribution in [2.75, 3.05) is 11.9 Å². The fourth-order valence-corrected chi connectivity index (χ4v) is 3.03. The lowest BCUT2D eigenvalue weighted by Gasteiger charge is -2.26. The van der Waals surface area contributed by atoms with Gasteiger partial charge in [-0.2, -0.15) is 0 Å². The molecule has 2 heteroatoms. The lowest BCUT2D eigenvalue weighted by Crippen LogP contribution is -2.25. The molecule has 0 unspecified atom stereocenters. The van der Waals surface area contributed by atoms with Crippen LogP contribution in [-0.4, -0.2) is 12.6 Å². The second kappa shape index (κ2) is 4.10. The summed E-state index contributed by atoms with van der Waals surface area (Å²) in [7, 11) is 0. The zero-order chi connectivity index (χ0) is 11.0. The molecule has 1 aliphatic heterocycles. The van der Waals surface area contributed by atoms with Crippen molar-refractivity contribution < 1.29 is 0 Å². The van der Waals surface area contributed by atoms with E-state index in [0.717, 1.165) is 12.5 Å². The van der Waals surface area contributed by atoms with Gasteiger partial charge in [0, 0.05) is 18.3 Å². The lowest BCUT2D eigenvalue weighted by atomic mass is 9.81. The van der Waals surface area contributed by atoms with E-state index in [4.69, 9.17) is 5.73 Å². The summed E-state index contributed by atoms with van der Waals surface area (Å²) in [6.07, 6.45) is 6.12. The van der Waals surface area contributed by atoms with E-state index in [9.17, 15) is 0 Å². The summed E-state index contributed by atoms with van der Waals surface area (Å²) in [6.45, 7) is 1.11.